The van der Waals surface area contributed by atoms with Gasteiger partial charge in [-0.15, -0.1) is 0 Å². The lowest BCUT2D eigenvalue weighted by atomic mass is 10.2. The van der Waals surface area contributed by atoms with E-state index in [2.05, 4.69) is 20.5 Å². The molecule has 3 rings (SSSR count). The van der Waals surface area contributed by atoms with Crippen molar-refractivity contribution in [1.82, 2.24) is 19.4 Å². The van der Waals surface area contributed by atoms with Gasteiger partial charge in [-0.25, -0.2) is 9.78 Å². The van der Waals surface area contributed by atoms with Crippen molar-refractivity contribution in [3.63, 3.8) is 0 Å². The number of aromatic nitrogens is 2. The molecule has 1 aromatic carbocycles. The number of hydrogen-bond donors (Lipinski definition) is 0. The molecule has 1 aliphatic rings. The van der Waals surface area contributed by atoms with Gasteiger partial charge in [0.25, 0.3) is 0 Å². The summed E-state index contributed by atoms with van der Waals surface area (Å²) in [5.41, 5.74) is 1.71. The fraction of sp³-hybridized carbons (Fsp3) is 0.600. The molecule has 0 spiro atoms. The predicted octanol–water partition coefficient (Wildman–Crippen LogP) is 2.61. The summed E-state index contributed by atoms with van der Waals surface area (Å²) in [5, 5.41) is 0. The summed E-state index contributed by atoms with van der Waals surface area (Å²) in [6, 6.07) is 8.12. The van der Waals surface area contributed by atoms with Crippen LogP contribution in [0.1, 0.15) is 20.8 Å². The highest BCUT2D eigenvalue weighted by Crippen LogP contribution is 2.12. The lowest BCUT2D eigenvalue weighted by Crippen LogP contribution is -2.50. The quantitative estimate of drug-likeness (QED) is 0.728. The minimum Gasteiger partial charge on any atom is -0.444 e. The molecule has 1 amide bonds. The van der Waals surface area contributed by atoms with E-state index in [-0.39, 0.29) is 6.09 Å². The highest BCUT2D eigenvalue weighted by molar-refractivity contribution is 5.74. The molecule has 0 N–H and O–H groups in total. The Kier molecular flexibility index (Phi) is 6.34. The number of fused-ring (bicyclic) bond motifs is 1. The van der Waals surface area contributed by atoms with Crippen LogP contribution in [0, 0.1) is 0 Å². The van der Waals surface area contributed by atoms with E-state index in [0.29, 0.717) is 26.3 Å². The van der Waals surface area contributed by atoms with Gasteiger partial charge in [-0.2, -0.15) is 0 Å². The van der Waals surface area contributed by atoms with Crippen LogP contribution in [0.5, 0.6) is 0 Å². The number of carbonyl (C=O) groups is 1. The number of para-hydroxylation sites is 2. The van der Waals surface area contributed by atoms with Crippen molar-refractivity contribution in [3.8, 4) is 0 Å². The molecule has 0 radical (unpaired) electrons. The number of imidazole rings is 1. The Hall–Kier alpha value is -2.12. The van der Waals surface area contributed by atoms with Gasteiger partial charge in [-0.05, 0) is 32.9 Å². The lowest BCUT2D eigenvalue weighted by molar-refractivity contribution is 0.0114. The molecule has 1 saturated heterocycles. The first-order chi connectivity index (χ1) is 12.9. The van der Waals surface area contributed by atoms with E-state index in [4.69, 9.17) is 9.47 Å². The van der Waals surface area contributed by atoms with Gasteiger partial charge in [0.2, 0.25) is 0 Å². The van der Waals surface area contributed by atoms with E-state index in [1.54, 1.807) is 4.90 Å². The number of carbonyl (C=O) groups excluding carboxylic acids is 1. The first-order valence-electron chi connectivity index (χ1n) is 9.60. The van der Waals surface area contributed by atoms with E-state index in [1.807, 2.05) is 45.3 Å². The maximum Gasteiger partial charge on any atom is 0.410 e. The van der Waals surface area contributed by atoms with Crippen LogP contribution < -0.4 is 0 Å². The van der Waals surface area contributed by atoms with E-state index in [9.17, 15) is 4.79 Å². The summed E-state index contributed by atoms with van der Waals surface area (Å²) < 4.78 is 13.4. The van der Waals surface area contributed by atoms with E-state index in [1.165, 1.54) is 0 Å². The van der Waals surface area contributed by atoms with E-state index in [0.717, 1.165) is 37.2 Å². The summed E-state index contributed by atoms with van der Waals surface area (Å²) in [7, 11) is 0. The molecule has 2 heterocycles. The third kappa shape index (κ3) is 5.68. The molecule has 0 unspecified atom stereocenters. The maximum absolute atomic E-state index is 12.1. The number of hydrogen-bond acceptors (Lipinski definition) is 5. The first-order valence-corrected chi connectivity index (χ1v) is 9.60. The monoisotopic (exact) mass is 374 g/mol. The number of rotatable bonds is 6. The summed E-state index contributed by atoms with van der Waals surface area (Å²) in [4.78, 5) is 20.6. The van der Waals surface area contributed by atoms with Crippen LogP contribution in [0.15, 0.2) is 30.6 Å². The van der Waals surface area contributed by atoms with Crippen LogP contribution in [0.25, 0.3) is 11.0 Å². The molecule has 1 fully saturated rings. The smallest absolute Gasteiger partial charge is 0.410 e. The zero-order valence-electron chi connectivity index (χ0n) is 16.6. The Bertz CT molecular complexity index is 745. The predicted molar refractivity (Wildman–Crippen MR) is 105 cm³/mol. The molecule has 7 nitrogen and oxygen atoms in total. The number of amides is 1. The molecular formula is C20H30N4O3. The topological polar surface area (TPSA) is 59.8 Å². The summed E-state index contributed by atoms with van der Waals surface area (Å²) >= 11 is 0. The molecule has 0 aliphatic carbocycles. The van der Waals surface area contributed by atoms with Crippen LogP contribution in [-0.2, 0) is 16.0 Å². The zero-order chi connectivity index (χ0) is 19.3. The molecule has 0 saturated carbocycles. The lowest BCUT2D eigenvalue weighted by Gasteiger charge is -2.35. The van der Waals surface area contributed by atoms with Gasteiger partial charge in [-0.3, -0.25) is 4.90 Å². The summed E-state index contributed by atoms with van der Waals surface area (Å²) in [6.45, 7) is 11.8. The van der Waals surface area contributed by atoms with Crippen molar-refractivity contribution in [1.29, 1.82) is 0 Å². The van der Waals surface area contributed by atoms with Crippen molar-refractivity contribution < 1.29 is 14.3 Å². The third-order valence-electron chi connectivity index (χ3n) is 4.58. The van der Waals surface area contributed by atoms with Crippen LogP contribution in [0.2, 0.25) is 0 Å². The van der Waals surface area contributed by atoms with Gasteiger partial charge < -0.3 is 18.9 Å². The minimum absolute atomic E-state index is 0.217. The highest BCUT2D eigenvalue weighted by Gasteiger charge is 2.25. The molecule has 2 aromatic rings. The van der Waals surface area contributed by atoms with Crippen LogP contribution in [0.3, 0.4) is 0 Å². The molecule has 1 aromatic heterocycles. The first kappa shape index (κ1) is 19.6. The second-order valence-electron chi connectivity index (χ2n) is 7.85. The zero-order valence-corrected chi connectivity index (χ0v) is 16.6. The van der Waals surface area contributed by atoms with Gasteiger partial charge in [0, 0.05) is 39.3 Å². The van der Waals surface area contributed by atoms with Crippen LogP contribution in [0.4, 0.5) is 4.79 Å². The second kappa shape index (κ2) is 8.71. The average Bonchev–Trinajstić information content (AvgIpc) is 3.04. The molecule has 1 aliphatic heterocycles. The Balaban J connectivity index is 1.31. The molecular weight excluding hydrogens is 344 g/mol. The Morgan fingerprint density at radius 3 is 2.52 bits per heavy atom. The number of benzene rings is 1. The van der Waals surface area contributed by atoms with Crippen molar-refractivity contribution in [2.24, 2.45) is 0 Å². The summed E-state index contributed by atoms with van der Waals surface area (Å²) in [6.07, 6.45) is 1.65. The Morgan fingerprint density at radius 2 is 1.78 bits per heavy atom. The van der Waals surface area contributed by atoms with Crippen molar-refractivity contribution in [2.75, 3.05) is 45.9 Å². The standard InChI is InChI=1S/C20H30N4O3/c1-20(2,3)27-19(25)23-10-8-22(9-11-23)12-14-26-15-13-24-16-21-17-6-4-5-7-18(17)24/h4-7,16H,8-15H2,1-3H3. The van der Waals surface area contributed by atoms with E-state index >= 15 is 0 Å². The fourth-order valence-corrected chi connectivity index (χ4v) is 3.13. The van der Waals surface area contributed by atoms with Gasteiger partial charge >= 0.3 is 6.09 Å². The number of nitrogens with zero attached hydrogens (tertiary/aromatic N) is 4. The SMILES string of the molecule is CC(C)(C)OC(=O)N1CCN(CCOCCn2cnc3ccccc32)CC1. The second-order valence-corrected chi connectivity index (χ2v) is 7.85. The van der Waals surface area contributed by atoms with Gasteiger partial charge in [0.05, 0.1) is 30.6 Å². The maximum atomic E-state index is 12.1. The van der Waals surface area contributed by atoms with Crippen molar-refractivity contribution >= 4 is 17.1 Å². The molecule has 7 heteroatoms. The van der Waals surface area contributed by atoms with Crippen molar-refractivity contribution in [3.05, 3.63) is 30.6 Å². The van der Waals surface area contributed by atoms with Gasteiger partial charge in [-0.1, -0.05) is 12.1 Å². The minimum atomic E-state index is -0.442. The van der Waals surface area contributed by atoms with Gasteiger partial charge in [0.15, 0.2) is 0 Å². The Labute approximate surface area is 160 Å². The molecule has 27 heavy (non-hydrogen) atoms. The normalized spacial score (nSPS) is 16.0. The van der Waals surface area contributed by atoms with Gasteiger partial charge in [0.1, 0.15) is 5.60 Å². The highest BCUT2D eigenvalue weighted by atomic mass is 16.6. The van der Waals surface area contributed by atoms with Crippen LogP contribution >= 0.6 is 0 Å². The van der Waals surface area contributed by atoms with Crippen molar-refractivity contribution in [2.45, 2.75) is 32.9 Å². The molecule has 148 valence electrons. The van der Waals surface area contributed by atoms with Crippen LogP contribution in [-0.4, -0.2) is 77.0 Å². The molecule has 0 atom stereocenters. The number of piperazine rings is 1. The fourth-order valence-electron chi connectivity index (χ4n) is 3.13. The Morgan fingerprint density at radius 1 is 1.07 bits per heavy atom. The average molecular weight is 374 g/mol. The third-order valence-corrected chi connectivity index (χ3v) is 4.58. The number of ether oxygens (including phenoxy) is 2. The van der Waals surface area contributed by atoms with E-state index < -0.39 is 5.60 Å². The largest absolute Gasteiger partial charge is 0.444 e. The molecule has 0 bridgehead atoms. The summed E-state index contributed by atoms with van der Waals surface area (Å²) in [5.74, 6) is 0.